The number of anilines is 3. The number of benzene rings is 2. The van der Waals surface area contributed by atoms with Gasteiger partial charge in [-0.2, -0.15) is 0 Å². The highest BCUT2D eigenvalue weighted by Gasteiger charge is 2.05. The summed E-state index contributed by atoms with van der Waals surface area (Å²) in [6.07, 6.45) is 0. The molecule has 0 aliphatic heterocycles. The van der Waals surface area contributed by atoms with E-state index in [1.54, 1.807) is 0 Å². The maximum atomic E-state index is 3.23. The number of hydrogen-bond acceptors (Lipinski definition) is 3. The molecule has 3 nitrogen and oxygen atoms in total. The van der Waals surface area contributed by atoms with Crippen LogP contribution in [0.2, 0.25) is 0 Å². The van der Waals surface area contributed by atoms with Crippen molar-refractivity contribution in [2.75, 3.05) is 37.1 Å². The van der Waals surface area contributed by atoms with Gasteiger partial charge in [-0.05, 0) is 18.2 Å². The third-order valence-electron chi connectivity index (χ3n) is 2.82. The van der Waals surface area contributed by atoms with Gasteiger partial charge in [0.05, 0.1) is 0 Å². The van der Waals surface area contributed by atoms with Gasteiger partial charge in [0.15, 0.2) is 0 Å². The van der Waals surface area contributed by atoms with Crippen molar-refractivity contribution in [2.45, 2.75) is 0 Å². The second kappa shape index (κ2) is 4.31. The molecule has 0 aromatic heterocycles. The van der Waals surface area contributed by atoms with E-state index in [0.717, 1.165) is 17.1 Å². The highest BCUT2D eigenvalue weighted by Crippen LogP contribution is 2.32. The molecule has 0 amide bonds. The summed E-state index contributed by atoms with van der Waals surface area (Å²) >= 11 is 0. The van der Waals surface area contributed by atoms with Crippen molar-refractivity contribution < 1.29 is 0 Å². The zero-order valence-electron chi connectivity index (χ0n) is 9.89. The maximum Gasteiger partial charge on any atom is 0.0438 e. The maximum absolute atomic E-state index is 3.23. The molecule has 2 aromatic rings. The van der Waals surface area contributed by atoms with Gasteiger partial charge < -0.3 is 16.0 Å². The Morgan fingerprint density at radius 3 is 2.12 bits per heavy atom. The van der Waals surface area contributed by atoms with E-state index in [0.29, 0.717) is 0 Å². The van der Waals surface area contributed by atoms with Crippen molar-refractivity contribution in [3.05, 3.63) is 30.3 Å². The molecule has 0 atom stereocenters. The van der Waals surface area contributed by atoms with E-state index in [2.05, 4.69) is 46.3 Å². The standard InChI is InChI=1S/C13H17N3/c1-14-9-7-11-10(13(8-9)16-3)5-4-6-12(11)15-2/h4-8,14-16H,1-3H3. The summed E-state index contributed by atoms with van der Waals surface area (Å²) in [7, 11) is 5.82. The molecule has 0 saturated carbocycles. The molecule has 0 fully saturated rings. The van der Waals surface area contributed by atoms with Crippen LogP contribution in [-0.2, 0) is 0 Å². The summed E-state index contributed by atoms with van der Waals surface area (Å²) in [5.74, 6) is 0. The highest BCUT2D eigenvalue weighted by molar-refractivity contribution is 6.03. The van der Waals surface area contributed by atoms with Crippen LogP contribution in [0.4, 0.5) is 17.1 Å². The quantitative estimate of drug-likeness (QED) is 0.736. The van der Waals surface area contributed by atoms with Gasteiger partial charge in [0, 0.05) is 49.0 Å². The first-order chi connectivity index (χ1) is 7.80. The van der Waals surface area contributed by atoms with Crippen molar-refractivity contribution in [1.82, 2.24) is 0 Å². The molecule has 3 N–H and O–H groups in total. The molecule has 0 aliphatic carbocycles. The predicted octanol–water partition coefficient (Wildman–Crippen LogP) is 2.96. The first kappa shape index (κ1) is 10.6. The molecule has 84 valence electrons. The summed E-state index contributed by atoms with van der Waals surface area (Å²) in [4.78, 5) is 0. The fourth-order valence-electron chi connectivity index (χ4n) is 1.96. The van der Waals surface area contributed by atoms with Crippen molar-refractivity contribution in [3.63, 3.8) is 0 Å². The summed E-state index contributed by atoms with van der Waals surface area (Å²) in [6, 6.07) is 10.5. The van der Waals surface area contributed by atoms with Crippen LogP contribution in [0.25, 0.3) is 10.8 Å². The molecule has 0 bridgehead atoms. The Balaban J connectivity index is 2.78. The Bertz CT molecular complexity index is 506. The second-order valence-electron chi connectivity index (χ2n) is 3.67. The minimum absolute atomic E-state index is 1.11. The van der Waals surface area contributed by atoms with Crippen molar-refractivity contribution in [2.24, 2.45) is 0 Å². The van der Waals surface area contributed by atoms with E-state index in [9.17, 15) is 0 Å². The smallest absolute Gasteiger partial charge is 0.0438 e. The Morgan fingerprint density at radius 1 is 0.750 bits per heavy atom. The van der Waals surface area contributed by atoms with Crippen LogP contribution in [0.1, 0.15) is 0 Å². The minimum Gasteiger partial charge on any atom is -0.388 e. The lowest BCUT2D eigenvalue weighted by Gasteiger charge is -2.12. The van der Waals surface area contributed by atoms with E-state index >= 15 is 0 Å². The first-order valence-electron chi connectivity index (χ1n) is 5.40. The van der Waals surface area contributed by atoms with Gasteiger partial charge in [-0.25, -0.2) is 0 Å². The lowest BCUT2D eigenvalue weighted by Crippen LogP contribution is -1.96. The highest BCUT2D eigenvalue weighted by atomic mass is 14.9. The monoisotopic (exact) mass is 215 g/mol. The van der Waals surface area contributed by atoms with Gasteiger partial charge in [0.2, 0.25) is 0 Å². The van der Waals surface area contributed by atoms with Gasteiger partial charge in [0.25, 0.3) is 0 Å². The molecule has 0 radical (unpaired) electrons. The number of hydrogen-bond donors (Lipinski definition) is 3. The van der Waals surface area contributed by atoms with Crippen molar-refractivity contribution in [3.8, 4) is 0 Å². The zero-order valence-corrected chi connectivity index (χ0v) is 9.89. The van der Waals surface area contributed by atoms with Crippen LogP contribution >= 0.6 is 0 Å². The predicted molar refractivity (Wildman–Crippen MR) is 72.6 cm³/mol. The van der Waals surface area contributed by atoms with E-state index in [1.807, 2.05) is 21.1 Å². The largest absolute Gasteiger partial charge is 0.388 e. The summed E-state index contributed by atoms with van der Waals surface area (Å²) in [6.45, 7) is 0. The van der Waals surface area contributed by atoms with Gasteiger partial charge in [-0.15, -0.1) is 0 Å². The zero-order chi connectivity index (χ0) is 11.5. The topological polar surface area (TPSA) is 36.1 Å². The van der Waals surface area contributed by atoms with E-state index in [-0.39, 0.29) is 0 Å². The molecule has 3 heteroatoms. The second-order valence-corrected chi connectivity index (χ2v) is 3.67. The summed E-state index contributed by atoms with van der Waals surface area (Å²) < 4.78 is 0. The molecule has 0 spiro atoms. The Hall–Kier alpha value is -1.90. The Kier molecular flexibility index (Phi) is 2.86. The number of rotatable bonds is 3. The Labute approximate surface area is 95.9 Å². The molecule has 16 heavy (non-hydrogen) atoms. The average Bonchev–Trinajstić information content (AvgIpc) is 2.36. The van der Waals surface area contributed by atoms with Gasteiger partial charge in [-0.1, -0.05) is 12.1 Å². The fraction of sp³-hybridized carbons (Fsp3) is 0.231. The molecule has 0 unspecified atom stereocenters. The number of fused-ring (bicyclic) bond motifs is 1. The van der Waals surface area contributed by atoms with Gasteiger partial charge >= 0.3 is 0 Å². The molecular weight excluding hydrogens is 198 g/mol. The average molecular weight is 215 g/mol. The molecule has 2 aromatic carbocycles. The van der Waals surface area contributed by atoms with E-state index < -0.39 is 0 Å². The van der Waals surface area contributed by atoms with Crippen LogP contribution in [0.3, 0.4) is 0 Å². The van der Waals surface area contributed by atoms with Gasteiger partial charge in [0.1, 0.15) is 0 Å². The third-order valence-corrected chi connectivity index (χ3v) is 2.82. The molecule has 0 aliphatic rings. The normalized spacial score (nSPS) is 10.2. The Morgan fingerprint density at radius 2 is 1.50 bits per heavy atom. The van der Waals surface area contributed by atoms with Crippen LogP contribution in [0.15, 0.2) is 30.3 Å². The lowest BCUT2D eigenvalue weighted by molar-refractivity contribution is 1.48. The van der Waals surface area contributed by atoms with Crippen LogP contribution in [-0.4, -0.2) is 21.1 Å². The third kappa shape index (κ3) is 1.65. The van der Waals surface area contributed by atoms with Crippen molar-refractivity contribution >= 4 is 27.8 Å². The molecule has 0 heterocycles. The van der Waals surface area contributed by atoms with Crippen LogP contribution in [0, 0.1) is 0 Å². The SMILES string of the molecule is CNc1cc(NC)c2cccc(NC)c2c1. The van der Waals surface area contributed by atoms with Gasteiger partial charge in [-0.3, -0.25) is 0 Å². The molecule has 2 rings (SSSR count). The minimum atomic E-state index is 1.11. The van der Waals surface area contributed by atoms with E-state index in [1.165, 1.54) is 10.8 Å². The van der Waals surface area contributed by atoms with E-state index in [4.69, 9.17) is 0 Å². The summed E-state index contributed by atoms with van der Waals surface area (Å²) in [5, 5.41) is 12.1. The first-order valence-corrected chi connectivity index (χ1v) is 5.40. The number of nitrogens with one attached hydrogen (secondary N) is 3. The molecule has 0 saturated heterocycles. The summed E-state index contributed by atoms with van der Waals surface area (Å²) in [5.41, 5.74) is 3.39. The van der Waals surface area contributed by atoms with Crippen LogP contribution < -0.4 is 16.0 Å². The molecular formula is C13H17N3. The lowest BCUT2D eigenvalue weighted by atomic mass is 10.1. The van der Waals surface area contributed by atoms with Crippen molar-refractivity contribution in [1.29, 1.82) is 0 Å². The fourth-order valence-corrected chi connectivity index (χ4v) is 1.96. The van der Waals surface area contributed by atoms with Crippen LogP contribution in [0.5, 0.6) is 0 Å².